The monoisotopic (exact) mass is 349 g/mol. The van der Waals surface area contributed by atoms with Crippen LogP contribution in [0, 0.1) is 6.92 Å². The maximum absolute atomic E-state index is 12.6. The van der Waals surface area contributed by atoms with Crippen molar-refractivity contribution in [2.45, 2.75) is 37.9 Å². The first kappa shape index (κ1) is 15.0. The molecule has 1 aromatic heterocycles. The number of nitrogen functional groups attached to an aromatic ring is 1. The number of nitrogens with two attached hydrogens (primary N) is 1. The van der Waals surface area contributed by atoms with Crippen molar-refractivity contribution in [3.63, 3.8) is 0 Å². The van der Waals surface area contributed by atoms with Crippen LogP contribution in [0.5, 0.6) is 0 Å². The molecule has 0 unspecified atom stereocenters. The fourth-order valence-corrected chi connectivity index (χ4v) is 5.96. The van der Waals surface area contributed by atoms with Gasteiger partial charge in [0.2, 0.25) is 10.0 Å². The van der Waals surface area contributed by atoms with Crippen LogP contribution in [0.2, 0.25) is 0 Å². The summed E-state index contributed by atoms with van der Waals surface area (Å²) in [5.41, 5.74) is 9.74. The number of anilines is 2. The van der Waals surface area contributed by atoms with E-state index in [9.17, 15) is 8.42 Å². The fourth-order valence-electron chi connectivity index (χ4n) is 3.20. The Morgan fingerprint density at radius 1 is 1.35 bits per heavy atom. The van der Waals surface area contributed by atoms with E-state index in [1.54, 1.807) is 4.31 Å². The van der Waals surface area contributed by atoms with Gasteiger partial charge in [-0.25, -0.2) is 13.4 Å². The Balaban J connectivity index is 1.76. The number of sulfonamides is 1. The predicted molar refractivity (Wildman–Crippen MR) is 94.3 cm³/mol. The van der Waals surface area contributed by atoms with Gasteiger partial charge in [-0.2, -0.15) is 0 Å². The average Bonchev–Trinajstić information content (AvgIpc) is 3.32. The number of fused-ring (bicyclic) bond motifs is 1. The molecule has 1 saturated carbocycles. The van der Waals surface area contributed by atoms with Gasteiger partial charge >= 0.3 is 0 Å². The molecule has 1 aromatic carbocycles. The Bertz CT molecular complexity index is 869. The van der Waals surface area contributed by atoms with Crippen LogP contribution >= 0.6 is 11.3 Å². The Hall–Kier alpha value is -1.60. The Morgan fingerprint density at radius 3 is 2.78 bits per heavy atom. The van der Waals surface area contributed by atoms with Gasteiger partial charge < -0.3 is 5.73 Å². The summed E-state index contributed by atoms with van der Waals surface area (Å²) >= 11 is 1.47. The van der Waals surface area contributed by atoms with Crippen LogP contribution in [0.3, 0.4) is 0 Å². The number of aromatic nitrogens is 1. The molecule has 0 radical (unpaired) electrons. The summed E-state index contributed by atoms with van der Waals surface area (Å²) in [6.07, 6.45) is 3.37. The topological polar surface area (TPSA) is 76.3 Å². The first-order valence-electron chi connectivity index (χ1n) is 7.84. The molecule has 0 spiro atoms. The molecule has 0 bridgehead atoms. The molecule has 1 aliphatic heterocycles. The first-order valence-corrected chi connectivity index (χ1v) is 10.2. The van der Waals surface area contributed by atoms with Crippen molar-refractivity contribution >= 4 is 32.2 Å². The standard InChI is InChI=1S/C16H19N3O2S2/c1-10-15(22-16(17)18-10)12-4-7-14-11(9-12)3-2-8-19(14)23(20,21)13-5-6-13/h4,7,9,13H,2-3,5-6,8H2,1H3,(H2,17,18). The number of nitrogens with zero attached hydrogens (tertiary/aromatic N) is 2. The van der Waals surface area contributed by atoms with E-state index in [1.807, 2.05) is 19.1 Å². The molecule has 5 nitrogen and oxygen atoms in total. The van der Waals surface area contributed by atoms with Crippen molar-refractivity contribution in [2.24, 2.45) is 0 Å². The third kappa shape index (κ3) is 2.52. The summed E-state index contributed by atoms with van der Waals surface area (Å²) in [4.78, 5) is 5.34. The van der Waals surface area contributed by atoms with E-state index < -0.39 is 10.0 Å². The lowest BCUT2D eigenvalue weighted by molar-refractivity contribution is 0.585. The van der Waals surface area contributed by atoms with Crippen LogP contribution < -0.4 is 10.0 Å². The van der Waals surface area contributed by atoms with Crippen LogP contribution in [0.15, 0.2) is 18.2 Å². The van der Waals surface area contributed by atoms with Gasteiger partial charge in [0, 0.05) is 6.54 Å². The van der Waals surface area contributed by atoms with Gasteiger partial charge in [-0.1, -0.05) is 17.4 Å². The molecule has 2 heterocycles. The van der Waals surface area contributed by atoms with Gasteiger partial charge in [-0.05, 0) is 55.9 Å². The minimum Gasteiger partial charge on any atom is -0.375 e. The van der Waals surface area contributed by atoms with Crippen molar-refractivity contribution in [1.29, 1.82) is 0 Å². The van der Waals surface area contributed by atoms with Crippen molar-refractivity contribution in [1.82, 2.24) is 4.98 Å². The predicted octanol–water partition coefficient (Wildman–Crippen LogP) is 2.95. The number of rotatable bonds is 3. The van der Waals surface area contributed by atoms with Gasteiger partial charge in [-0.3, -0.25) is 4.31 Å². The second kappa shape index (κ2) is 5.21. The summed E-state index contributed by atoms with van der Waals surface area (Å²) in [6.45, 7) is 2.54. The van der Waals surface area contributed by atoms with Crippen molar-refractivity contribution < 1.29 is 8.42 Å². The van der Waals surface area contributed by atoms with E-state index in [0.717, 1.165) is 53.1 Å². The molecular formula is C16H19N3O2S2. The molecule has 7 heteroatoms. The summed E-state index contributed by atoms with van der Waals surface area (Å²) in [5.74, 6) is 0. The molecule has 0 amide bonds. The Kier molecular flexibility index (Phi) is 3.39. The van der Waals surface area contributed by atoms with E-state index in [0.29, 0.717) is 11.7 Å². The van der Waals surface area contributed by atoms with Gasteiger partial charge in [0.25, 0.3) is 0 Å². The molecule has 1 fully saturated rings. The molecule has 2 aliphatic rings. The fraction of sp³-hybridized carbons (Fsp3) is 0.438. The van der Waals surface area contributed by atoms with Gasteiger partial charge in [0.05, 0.1) is 21.5 Å². The zero-order chi connectivity index (χ0) is 16.2. The summed E-state index contributed by atoms with van der Waals surface area (Å²) in [5, 5.41) is 0.393. The van der Waals surface area contributed by atoms with Gasteiger partial charge in [-0.15, -0.1) is 0 Å². The summed E-state index contributed by atoms with van der Waals surface area (Å²) in [7, 11) is -3.18. The van der Waals surface area contributed by atoms with Crippen LogP contribution in [0.4, 0.5) is 10.8 Å². The lowest BCUT2D eigenvalue weighted by Crippen LogP contribution is -2.37. The average molecular weight is 349 g/mol. The highest BCUT2D eigenvalue weighted by Crippen LogP contribution is 2.40. The van der Waals surface area contributed by atoms with Crippen LogP contribution in [0.1, 0.15) is 30.5 Å². The molecule has 0 atom stereocenters. The SMILES string of the molecule is Cc1nc(N)sc1-c1ccc2c(c1)CCCN2S(=O)(=O)C1CC1. The number of thiazole rings is 1. The van der Waals surface area contributed by atoms with E-state index in [1.165, 1.54) is 11.3 Å². The highest BCUT2D eigenvalue weighted by molar-refractivity contribution is 7.93. The number of hydrogen-bond donors (Lipinski definition) is 1. The van der Waals surface area contributed by atoms with E-state index >= 15 is 0 Å². The smallest absolute Gasteiger partial charge is 0.238 e. The number of hydrogen-bond acceptors (Lipinski definition) is 5. The quantitative estimate of drug-likeness (QED) is 0.924. The first-order chi connectivity index (χ1) is 11.0. The maximum atomic E-state index is 12.6. The molecular weight excluding hydrogens is 330 g/mol. The normalized spacial score (nSPS) is 18.0. The zero-order valence-electron chi connectivity index (χ0n) is 12.9. The van der Waals surface area contributed by atoms with Crippen LogP contribution in [-0.4, -0.2) is 25.2 Å². The highest BCUT2D eigenvalue weighted by Gasteiger charge is 2.41. The van der Waals surface area contributed by atoms with E-state index in [2.05, 4.69) is 11.1 Å². The minimum absolute atomic E-state index is 0.170. The molecule has 4 rings (SSSR count). The second-order valence-electron chi connectivity index (χ2n) is 6.23. The summed E-state index contributed by atoms with van der Waals surface area (Å²) < 4.78 is 26.9. The maximum Gasteiger partial charge on any atom is 0.238 e. The molecule has 1 aliphatic carbocycles. The minimum atomic E-state index is -3.18. The highest BCUT2D eigenvalue weighted by atomic mass is 32.2. The molecule has 122 valence electrons. The van der Waals surface area contributed by atoms with Crippen LogP contribution in [0.25, 0.3) is 10.4 Å². The molecule has 2 aromatic rings. The second-order valence-corrected chi connectivity index (χ2v) is 9.40. The lowest BCUT2D eigenvalue weighted by Gasteiger charge is -2.31. The third-order valence-corrected chi connectivity index (χ3v) is 7.83. The van der Waals surface area contributed by atoms with Crippen molar-refractivity contribution in [3.8, 4) is 10.4 Å². The summed E-state index contributed by atoms with van der Waals surface area (Å²) in [6, 6.07) is 6.03. The Morgan fingerprint density at radius 2 is 2.13 bits per heavy atom. The largest absolute Gasteiger partial charge is 0.375 e. The molecule has 0 saturated heterocycles. The third-order valence-electron chi connectivity index (χ3n) is 4.48. The van der Waals surface area contributed by atoms with Gasteiger partial charge in [0.15, 0.2) is 5.13 Å². The van der Waals surface area contributed by atoms with E-state index in [4.69, 9.17) is 5.73 Å². The molecule has 2 N–H and O–H groups in total. The molecule has 23 heavy (non-hydrogen) atoms. The number of benzene rings is 1. The lowest BCUT2D eigenvalue weighted by atomic mass is 10.00. The van der Waals surface area contributed by atoms with Crippen molar-refractivity contribution in [3.05, 3.63) is 29.5 Å². The zero-order valence-corrected chi connectivity index (χ0v) is 14.6. The van der Waals surface area contributed by atoms with Crippen molar-refractivity contribution in [2.75, 3.05) is 16.6 Å². The number of aryl methyl sites for hydroxylation is 2. The van der Waals surface area contributed by atoms with Gasteiger partial charge in [0.1, 0.15) is 0 Å². The Labute approximate surface area is 140 Å². The van der Waals surface area contributed by atoms with Crippen LogP contribution in [-0.2, 0) is 16.4 Å². The van der Waals surface area contributed by atoms with E-state index in [-0.39, 0.29) is 5.25 Å².